The van der Waals surface area contributed by atoms with Crippen molar-refractivity contribution in [2.24, 2.45) is 0 Å². The van der Waals surface area contributed by atoms with Gasteiger partial charge < -0.3 is 10.2 Å². The summed E-state index contributed by atoms with van der Waals surface area (Å²) < 4.78 is 0. The van der Waals surface area contributed by atoms with E-state index in [1.165, 1.54) is 24.9 Å². The third-order valence-electron chi connectivity index (χ3n) is 4.60. The van der Waals surface area contributed by atoms with Crippen molar-refractivity contribution >= 4 is 17.3 Å². The van der Waals surface area contributed by atoms with E-state index in [0.29, 0.717) is 18.4 Å². The van der Waals surface area contributed by atoms with Gasteiger partial charge in [-0.25, -0.2) is 0 Å². The van der Waals surface area contributed by atoms with Crippen molar-refractivity contribution in [2.45, 2.75) is 32.1 Å². The molecular weight excluding hydrogens is 310 g/mol. The first-order chi connectivity index (χ1) is 12.2. The molecule has 25 heavy (non-hydrogen) atoms. The van der Waals surface area contributed by atoms with E-state index in [9.17, 15) is 4.79 Å². The number of hydrogen-bond donors (Lipinski definition) is 1. The molecule has 4 nitrogen and oxygen atoms in total. The van der Waals surface area contributed by atoms with Gasteiger partial charge in [0.25, 0.3) is 0 Å². The number of piperidine rings is 1. The zero-order valence-electron chi connectivity index (χ0n) is 14.4. The van der Waals surface area contributed by atoms with Crippen molar-refractivity contribution in [2.75, 3.05) is 23.3 Å². The predicted molar refractivity (Wildman–Crippen MR) is 101 cm³/mol. The Kier molecular flexibility index (Phi) is 5.69. The molecule has 1 aliphatic heterocycles. The molecule has 128 valence electrons. The first-order valence-corrected chi connectivity index (χ1v) is 8.88. The summed E-state index contributed by atoms with van der Waals surface area (Å²) in [6, 6.07) is 17.6. The molecule has 0 aromatic heterocycles. The Balaban J connectivity index is 1.49. The summed E-state index contributed by atoms with van der Waals surface area (Å²) >= 11 is 0. The number of hydrogen-bond acceptors (Lipinski definition) is 3. The quantitative estimate of drug-likeness (QED) is 0.895. The van der Waals surface area contributed by atoms with E-state index < -0.39 is 0 Å². The smallest absolute Gasteiger partial charge is 0.224 e. The number of anilines is 2. The average Bonchev–Trinajstić information content (AvgIpc) is 2.68. The van der Waals surface area contributed by atoms with Gasteiger partial charge in [-0.15, -0.1) is 0 Å². The largest absolute Gasteiger partial charge is 0.372 e. The van der Waals surface area contributed by atoms with Crippen LogP contribution in [-0.2, 0) is 11.2 Å². The lowest BCUT2D eigenvalue weighted by Crippen LogP contribution is -2.29. The van der Waals surface area contributed by atoms with E-state index in [4.69, 9.17) is 5.26 Å². The highest BCUT2D eigenvalue weighted by Crippen LogP contribution is 2.22. The molecule has 0 unspecified atom stereocenters. The minimum Gasteiger partial charge on any atom is -0.372 e. The minimum absolute atomic E-state index is 0.00934. The fourth-order valence-corrected chi connectivity index (χ4v) is 3.13. The van der Waals surface area contributed by atoms with Crippen LogP contribution < -0.4 is 10.2 Å². The van der Waals surface area contributed by atoms with E-state index in [1.54, 1.807) is 12.1 Å². The lowest BCUT2D eigenvalue weighted by Gasteiger charge is -2.28. The molecule has 0 saturated carbocycles. The van der Waals surface area contributed by atoms with Gasteiger partial charge in [0.15, 0.2) is 0 Å². The number of rotatable bonds is 5. The standard InChI is InChI=1S/C21H23N3O/c22-16-18-6-4-17(5-7-18)8-13-21(25)23-19-9-11-20(12-10-19)24-14-2-1-3-15-24/h4-7,9-12H,1-3,8,13-15H2,(H,23,25). The average molecular weight is 333 g/mol. The molecule has 1 heterocycles. The molecule has 0 atom stereocenters. The van der Waals surface area contributed by atoms with Gasteiger partial charge in [-0.05, 0) is 67.6 Å². The number of nitrogens with one attached hydrogen (secondary N) is 1. The van der Waals surface area contributed by atoms with Crippen LogP contribution in [0.15, 0.2) is 48.5 Å². The van der Waals surface area contributed by atoms with E-state index in [0.717, 1.165) is 24.3 Å². The summed E-state index contributed by atoms with van der Waals surface area (Å²) in [5.41, 5.74) is 3.78. The Labute approximate surface area is 149 Å². The van der Waals surface area contributed by atoms with Crippen molar-refractivity contribution in [3.05, 3.63) is 59.7 Å². The number of aryl methyl sites for hydroxylation is 1. The number of carbonyl (C=O) groups excluding carboxylic acids is 1. The lowest BCUT2D eigenvalue weighted by atomic mass is 10.1. The van der Waals surface area contributed by atoms with Gasteiger partial charge in [0.1, 0.15) is 0 Å². The number of benzene rings is 2. The van der Waals surface area contributed by atoms with E-state index >= 15 is 0 Å². The van der Waals surface area contributed by atoms with Crippen molar-refractivity contribution in [1.82, 2.24) is 0 Å². The van der Waals surface area contributed by atoms with Crippen LogP contribution in [0.3, 0.4) is 0 Å². The molecule has 4 heteroatoms. The molecule has 0 aliphatic carbocycles. The summed E-state index contributed by atoms with van der Waals surface area (Å²) in [5.74, 6) is 0.00934. The second-order valence-corrected chi connectivity index (χ2v) is 6.45. The third kappa shape index (κ3) is 4.84. The topological polar surface area (TPSA) is 56.1 Å². The summed E-state index contributed by atoms with van der Waals surface area (Å²) in [7, 11) is 0. The summed E-state index contributed by atoms with van der Waals surface area (Å²) in [5, 5.41) is 11.8. The molecule has 1 N–H and O–H groups in total. The molecule has 1 fully saturated rings. The van der Waals surface area contributed by atoms with Crippen LogP contribution in [0.5, 0.6) is 0 Å². The fourth-order valence-electron chi connectivity index (χ4n) is 3.13. The number of carbonyl (C=O) groups is 1. The van der Waals surface area contributed by atoms with Crippen LogP contribution in [0.25, 0.3) is 0 Å². The Morgan fingerprint density at radius 3 is 2.32 bits per heavy atom. The Morgan fingerprint density at radius 1 is 1.00 bits per heavy atom. The Bertz CT molecular complexity index is 738. The SMILES string of the molecule is N#Cc1ccc(CCC(=O)Nc2ccc(N3CCCCC3)cc2)cc1. The Hall–Kier alpha value is -2.80. The van der Waals surface area contributed by atoms with Crippen LogP contribution in [0.2, 0.25) is 0 Å². The van der Waals surface area contributed by atoms with Crippen molar-refractivity contribution < 1.29 is 4.79 Å². The monoisotopic (exact) mass is 333 g/mol. The summed E-state index contributed by atoms with van der Waals surface area (Å²) in [6.07, 6.45) is 4.94. The number of amides is 1. The van der Waals surface area contributed by atoms with Gasteiger partial charge >= 0.3 is 0 Å². The van der Waals surface area contributed by atoms with Crippen LogP contribution in [0, 0.1) is 11.3 Å². The number of nitrogens with zero attached hydrogens (tertiary/aromatic N) is 2. The Morgan fingerprint density at radius 2 is 1.68 bits per heavy atom. The number of nitriles is 1. The highest BCUT2D eigenvalue weighted by Gasteiger charge is 2.11. The van der Waals surface area contributed by atoms with Crippen molar-refractivity contribution in [1.29, 1.82) is 5.26 Å². The van der Waals surface area contributed by atoms with Crippen LogP contribution >= 0.6 is 0 Å². The summed E-state index contributed by atoms with van der Waals surface area (Å²) in [4.78, 5) is 14.5. The molecule has 1 saturated heterocycles. The van der Waals surface area contributed by atoms with E-state index in [1.807, 2.05) is 24.3 Å². The maximum atomic E-state index is 12.1. The van der Waals surface area contributed by atoms with E-state index in [-0.39, 0.29) is 5.91 Å². The van der Waals surface area contributed by atoms with Crippen LogP contribution in [-0.4, -0.2) is 19.0 Å². The normalized spacial score (nSPS) is 14.0. The molecule has 2 aromatic rings. The van der Waals surface area contributed by atoms with Gasteiger partial charge in [0, 0.05) is 30.9 Å². The predicted octanol–water partition coefficient (Wildman–Crippen LogP) is 4.12. The van der Waals surface area contributed by atoms with Gasteiger partial charge in [-0.2, -0.15) is 5.26 Å². The first-order valence-electron chi connectivity index (χ1n) is 8.88. The molecule has 0 spiro atoms. The molecule has 0 bridgehead atoms. The van der Waals surface area contributed by atoms with Crippen LogP contribution in [0.4, 0.5) is 11.4 Å². The molecule has 2 aromatic carbocycles. The second-order valence-electron chi connectivity index (χ2n) is 6.45. The third-order valence-corrected chi connectivity index (χ3v) is 4.60. The van der Waals surface area contributed by atoms with Crippen molar-refractivity contribution in [3.63, 3.8) is 0 Å². The molecule has 1 aliphatic rings. The maximum Gasteiger partial charge on any atom is 0.224 e. The van der Waals surface area contributed by atoms with Crippen LogP contribution in [0.1, 0.15) is 36.8 Å². The van der Waals surface area contributed by atoms with Gasteiger partial charge in [0.2, 0.25) is 5.91 Å². The second kappa shape index (κ2) is 8.34. The lowest BCUT2D eigenvalue weighted by molar-refractivity contribution is -0.116. The highest BCUT2D eigenvalue weighted by atomic mass is 16.1. The van der Waals surface area contributed by atoms with Crippen molar-refractivity contribution in [3.8, 4) is 6.07 Å². The van der Waals surface area contributed by atoms with Gasteiger partial charge in [-0.3, -0.25) is 4.79 Å². The van der Waals surface area contributed by atoms with Gasteiger partial charge in [-0.1, -0.05) is 12.1 Å². The molecule has 3 rings (SSSR count). The highest BCUT2D eigenvalue weighted by molar-refractivity contribution is 5.91. The first kappa shape index (κ1) is 17.0. The molecular formula is C21H23N3O. The zero-order chi connectivity index (χ0) is 17.5. The maximum absolute atomic E-state index is 12.1. The fraction of sp³-hybridized carbons (Fsp3) is 0.333. The molecule has 0 radical (unpaired) electrons. The summed E-state index contributed by atoms with van der Waals surface area (Å²) in [6.45, 7) is 2.24. The minimum atomic E-state index is 0.00934. The van der Waals surface area contributed by atoms with Gasteiger partial charge in [0.05, 0.1) is 11.6 Å². The van der Waals surface area contributed by atoms with E-state index in [2.05, 4.69) is 28.4 Å². The zero-order valence-corrected chi connectivity index (χ0v) is 14.4. The molecule has 1 amide bonds.